The summed E-state index contributed by atoms with van der Waals surface area (Å²) < 4.78 is 0. The van der Waals surface area contributed by atoms with Gasteiger partial charge in [-0.15, -0.1) is 5.10 Å². The fourth-order valence-electron chi connectivity index (χ4n) is 1.43. The number of hydrogen-bond acceptors (Lipinski definition) is 4. The Hall–Kier alpha value is -1.92. The fourth-order valence-corrected chi connectivity index (χ4v) is 1.43. The second kappa shape index (κ2) is 5.81. The van der Waals surface area contributed by atoms with Gasteiger partial charge in [-0.25, -0.2) is 4.98 Å². The molecule has 1 aromatic rings. The van der Waals surface area contributed by atoms with Crippen molar-refractivity contribution in [2.24, 2.45) is 5.41 Å². The summed E-state index contributed by atoms with van der Waals surface area (Å²) in [6.45, 7) is 7.64. The highest BCUT2D eigenvalue weighted by atomic mass is 16.2. The standard InChI is InChI=1S/C12H21N5O2/c1-7(2)8-15-9(17-16-8)10(18)14-6-12(3,4)11(19)13-5/h7H,6H2,1-5H3,(H,13,19)(H,14,18)(H,15,16,17). The first-order chi connectivity index (χ1) is 8.77. The summed E-state index contributed by atoms with van der Waals surface area (Å²) in [7, 11) is 1.57. The Labute approximate surface area is 112 Å². The third-order valence-electron chi connectivity index (χ3n) is 2.79. The van der Waals surface area contributed by atoms with Gasteiger partial charge < -0.3 is 10.6 Å². The normalized spacial score (nSPS) is 11.5. The van der Waals surface area contributed by atoms with E-state index in [1.165, 1.54) is 0 Å². The van der Waals surface area contributed by atoms with E-state index in [0.717, 1.165) is 0 Å². The molecular weight excluding hydrogens is 246 g/mol. The summed E-state index contributed by atoms with van der Waals surface area (Å²) in [5.74, 6) is 0.411. The first-order valence-corrected chi connectivity index (χ1v) is 6.20. The molecule has 2 amide bonds. The Morgan fingerprint density at radius 1 is 1.37 bits per heavy atom. The lowest BCUT2D eigenvalue weighted by molar-refractivity contribution is -0.128. The van der Waals surface area contributed by atoms with Crippen molar-refractivity contribution in [2.45, 2.75) is 33.6 Å². The first-order valence-electron chi connectivity index (χ1n) is 6.20. The summed E-state index contributed by atoms with van der Waals surface area (Å²) in [5.41, 5.74) is -0.679. The molecule has 7 heteroatoms. The molecule has 0 saturated heterocycles. The van der Waals surface area contributed by atoms with Crippen LogP contribution in [0.4, 0.5) is 0 Å². The van der Waals surface area contributed by atoms with Crippen molar-refractivity contribution in [3.05, 3.63) is 11.6 Å². The summed E-state index contributed by atoms with van der Waals surface area (Å²) in [5, 5.41) is 11.8. The molecular formula is C12H21N5O2. The van der Waals surface area contributed by atoms with Gasteiger partial charge in [0.1, 0.15) is 5.82 Å². The number of H-pyrrole nitrogens is 1. The van der Waals surface area contributed by atoms with Gasteiger partial charge in [0.2, 0.25) is 11.7 Å². The number of amides is 2. The van der Waals surface area contributed by atoms with Crippen molar-refractivity contribution >= 4 is 11.8 Å². The lowest BCUT2D eigenvalue weighted by Crippen LogP contribution is -2.43. The highest BCUT2D eigenvalue weighted by Crippen LogP contribution is 2.13. The average molecular weight is 267 g/mol. The van der Waals surface area contributed by atoms with Crippen LogP contribution in [0.2, 0.25) is 0 Å². The molecule has 0 aromatic carbocycles. The summed E-state index contributed by atoms with van der Waals surface area (Å²) >= 11 is 0. The number of nitrogens with zero attached hydrogens (tertiary/aromatic N) is 2. The Balaban J connectivity index is 2.62. The highest BCUT2D eigenvalue weighted by molar-refractivity contribution is 5.91. The molecule has 19 heavy (non-hydrogen) atoms. The molecule has 0 saturated carbocycles. The van der Waals surface area contributed by atoms with Crippen molar-refractivity contribution in [3.8, 4) is 0 Å². The average Bonchev–Trinajstić information content (AvgIpc) is 2.84. The van der Waals surface area contributed by atoms with Crippen LogP contribution in [-0.2, 0) is 4.79 Å². The molecule has 7 nitrogen and oxygen atoms in total. The number of aromatic amines is 1. The number of aromatic nitrogens is 3. The minimum Gasteiger partial charge on any atom is -0.359 e. The van der Waals surface area contributed by atoms with E-state index < -0.39 is 5.41 Å². The van der Waals surface area contributed by atoms with E-state index in [2.05, 4.69) is 25.8 Å². The van der Waals surface area contributed by atoms with Crippen LogP contribution < -0.4 is 10.6 Å². The van der Waals surface area contributed by atoms with Crippen LogP contribution in [0.1, 0.15) is 50.1 Å². The summed E-state index contributed by atoms with van der Waals surface area (Å²) in [6, 6.07) is 0. The van der Waals surface area contributed by atoms with E-state index in [1.54, 1.807) is 20.9 Å². The van der Waals surface area contributed by atoms with Crippen LogP contribution in [0, 0.1) is 5.41 Å². The molecule has 1 aromatic heterocycles. The molecule has 0 bridgehead atoms. The third-order valence-corrected chi connectivity index (χ3v) is 2.79. The molecule has 0 aliphatic carbocycles. The van der Waals surface area contributed by atoms with Gasteiger partial charge in [0, 0.05) is 19.5 Å². The van der Waals surface area contributed by atoms with E-state index in [-0.39, 0.29) is 30.1 Å². The molecule has 0 fully saturated rings. The zero-order valence-electron chi connectivity index (χ0n) is 12.0. The summed E-state index contributed by atoms with van der Waals surface area (Å²) in [6.07, 6.45) is 0. The minimum absolute atomic E-state index is 0.0939. The van der Waals surface area contributed by atoms with E-state index in [4.69, 9.17) is 0 Å². The lowest BCUT2D eigenvalue weighted by Gasteiger charge is -2.22. The van der Waals surface area contributed by atoms with Gasteiger partial charge in [-0.3, -0.25) is 14.7 Å². The molecule has 0 aliphatic rings. The van der Waals surface area contributed by atoms with Crippen molar-refractivity contribution < 1.29 is 9.59 Å². The van der Waals surface area contributed by atoms with Crippen molar-refractivity contribution in [2.75, 3.05) is 13.6 Å². The first kappa shape index (κ1) is 15.1. The number of carbonyl (C=O) groups excluding carboxylic acids is 2. The van der Waals surface area contributed by atoms with Gasteiger partial charge in [-0.1, -0.05) is 13.8 Å². The largest absolute Gasteiger partial charge is 0.359 e. The van der Waals surface area contributed by atoms with Gasteiger partial charge in [0.25, 0.3) is 5.91 Å². The SMILES string of the molecule is CNC(=O)C(C)(C)CNC(=O)c1n[nH]c(C(C)C)n1. The van der Waals surface area contributed by atoms with Crippen LogP contribution in [-0.4, -0.2) is 40.6 Å². The maximum absolute atomic E-state index is 11.9. The van der Waals surface area contributed by atoms with Crippen molar-refractivity contribution in [1.29, 1.82) is 0 Å². The van der Waals surface area contributed by atoms with Crippen molar-refractivity contribution in [1.82, 2.24) is 25.8 Å². The number of nitrogens with one attached hydrogen (secondary N) is 3. The monoisotopic (exact) mass is 267 g/mol. The zero-order valence-corrected chi connectivity index (χ0v) is 12.0. The zero-order chi connectivity index (χ0) is 14.6. The molecule has 3 N–H and O–H groups in total. The highest BCUT2D eigenvalue weighted by Gasteiger charge is 2.27. The van der Waals surface area contributed by atoms with E-state index in [1.807, 2.05) is 13.8 Å². The number of rotatable bonds is 5. The van der Waals surface area contributed by atoms with E-state index in [0.29, 0.717) is 5.82 Å². The molecule has 0 radical (unpaired) electrons. The van der Waals surface area contributed by atoms with E-state index >= 15 is 0 Å². The molecule has 106 valence electrons. The number of hydrogen-bond donors (Lipinski definition) is 3. The van der Waals surface area contributed by atoms with Gasteiger partial charge in [-0.05, 0) is 13.8 Å². The maximum Gasteiger partial charge on any atom is 0.290 e. The van der Waals surface area contributed by atoms with Crippen LogP contribution in [0.25, 0.3) is 0 Å². The lowest BCUT2D eigenvalue weighted by atomic mass is 9.92. The second-order valence-corrected chi connectivity index (χ2v) is 5.34. The molecule has 1 rings (SSSR count). The third kappa shape index (κ3) is 3.77. The minimum atomic E-state index is -0.679. The van der Waals surface area contributed by atoms with Gasteiger partial charge in [0.05, 0.1) is 5.41 Å². The van der Waals surface area contributed by atoms with E-state index in [9.17, 15) is 9.59 Å². The molecule has 0 aliphatic heterocycles. The van der Waals surface area contributed by atoms with Gasteiger partial charge in [-0.2, -0.15) is 0 Å². The second-order valence-electron chi connectivity index (χ2n) is 5.34. The Bertz CT molecular complexity index is 464. The molecule has 0 atom stereocenters. The Morgan fingerprint density at radius 2 is 2.00 bits per heavy atom. The van der Waals surface area contributed by atoms with Crippen LogP contribution in [0.3, 0.4) is 0 Å². The van der Waals surface area contributed by atoms with Crippen molar-refractivity contribution in [3.63, 3.8) is 0 Å². The number of carbonyl (C=O) groups is 2. The van der Waals surface area contributed by atoms with Crippen LogP contribution >= 0.6 is 0 Å². The maximum atomic E-state index is 11.9. The predicted molar refractivity (Wildman–Crippen MR) is 70.7 cm³/mol. The smallest absolute Gasteiger partial charge is 0.290 e. The molecule has 0 unspecified atom stereocenters. The van der Waals surface area contributed by atoms with Gasteiger partial charge in [0.15, 0.2) is 0 Å². The topological polar surface area (TPSA) is 99.8 Å². The van der Waals surface area contributed by atoms with Gasteiger partial charge >= 0.3 is 0 Å². The van der Waals surface area contributed by atoms with Crippen LogP contribution in [0.5, 0.6) is 0 Å². The molecule has 0 spiro atoms. The molecule has 1 heterocycles. The fraction of sp³-hybridized carbons (Fsp3) is 0.667. The quantitative estimate of drug-likeness (QED) is 0.720. The van der Waals surface area contributed by atoms with Crippen LogP contribution in [0.15, 0.2) is 0 Å². The Kier molecular flexibility index (Phi) is 4.63. The Morgan fingerprint density at radius 3 is 2.47 bits per heavy atom. The predicted octanol–water partition coefficient (Wildman–Crippen LogP) is 0.430. The summed E-state index contributed by atoms with van der Waals surface area (Å²) in [4.78, 5) is 27.5.